The van der Waals surface area contributed by atoms with Gasteiger partial charge in [-0.2, -0.15) is 0 Å². The molecule has 1 aromatic rings. The van der Waals surface area contributed by atoms with Gasteiger partial charge in [-0.1, -0.05) is 24.8 Å². The number of rotatable bonds is 3. The lowest BCUT2D eigenvalue weighted by Crippen LogP contribution is -2.13. The minimum absolute atomic E-state index is 0.810. The number of hydrogen-bond donors (Lipinski definition) is 2. The van der Waals surface area contributed by atoms with Gasteiger partial charge >= 0.3 is 0 Å². The maximum absolute atomic E-state index is 3.79. The van der Waals surface area contributed by atoms with E-state index in [4.69, 9.17) is 0 Å². The average Bonchev–Trinajstić information content (AvgIpc) is 2.09. The van der Waals surface area contributed by atoms with Gasteiger partial charge in [0.25, 0.3) is 0 Å². The molecule has 0 aromatic heterocycles. The van der Waals surface area contributed by atoms with Crippen LogP contribution in [0.5, 0.6) is 0 Å². The van der Waals surface area contributed by atoms with Crippen molar-refractivity contribution in [3.05, 3.63) is 42.2 Å². The van der Waals surface area contributed by atoms with Crippen molar-refractivity contribution in [3.63, 3.8) is 0 Å². The first-order valence-corrected chi connectivity index (χ1v) is 3.93. The summed E-state index contributed by atoms with van der Waals surface area (Å²) in [6.07, 6.45) is 0. The highest BCUT2D eigenvalue weighted by Crippen LogP contribution is 2.13. The first-order valence-electron chi connectivity index (χ1n) is 3.93. The molecule has 2 heteroatoms. The van der Waals surface area contributed by atoms with Crippen LogP contribution in [0.4, 0.5) is 5.69 Å². The molecule has 0 bridgehead atoms. The molecule has 0 aliphatic carbocycles. The molecule has 64 valence electrons. The van der Waals surface area contributed by atoms with Crippen molar-refractivity contribution in [2.75, 3.05) is 12.4 Å². The second kappa shape index (κ2) is 3.81. The average molecular weight is 162 g/mol. The lowest BCUT2D eigenvalue weighted by Gasteiger charge is -2.10. The quantitative estimate of drug-likeness (QED) is 0.711. The molecule has 0 amide bonds. The van der Waals surface area contributed by atoms with Gasteiger partial charge in [0.1, 0.15) is 0 Å². The van der Waals surface area contributed by atoms with Crippen LogP contribution in [0.25, 0.3) is 0 Å². The Bertz CT molecular complexity index is 279. The van der Waals surface area contributed by atoms with Gasteiger partial charge in [0.15, 0.2) is 0 Å². The van der Waals surface area contributed by atoms with E-state index in [-0.39, 0.29) is 0 Å². The summed E-state index contributed by atoms with van der Waals surface area (Å²) >= 11 is 0. The molecule has 0 fully saturated rings. The van der Waals surface area contributed by atoms with Crippen molar-refractivity contribution >= 4 is 5.69 Å². The molecule has 2 N–H and O–H groups in total. The minimum Gasteiger partial charge on any atom is -0.375 e. The van der Waals surface area contributed by atoms with Crippen LogP contribution in [0.15, 0.2) is 36.7 Å². The van der Waals surface area contributed by atoms with Crippen molar-refractivity contribution in [2.45, 2.75) is 6.92 Å². The highest BCUT2D eigenvalue weighted by Gasteiger charge is 1.95. The summed E-state index contributed by atoms with van der Waals surface area (Å²) in [6.45, 7) is 5.85. The molecule has 0 unspecified atom stereocenters. The fourth-order valence-electron chi connectivity index (χ4n) is 0.938. The summed E-state index contributed by atoms with van der Waals surface area (Å²) in [5.41, 5.74) is 2.31. The molecule has 0 aliphatic heterocycles. The van der Waals surface area contributed by atoms with E-state index in [1.165, 1.54) is 5.56 Å². The van der Waals surface area contributed by atoms with Gasteiger partial charge in [0.05, 0.1) is 5.82 Å². The number of aryl methyl sites for hydroxylation is 1. The molecule has 12 heavy (non-hydrogen) atoms. The molecule has 0 atom stereocenters. The molecule has 0 saturated carbocycles. The van der Waals surface area contributed by atoms with Crippen LogP contribution in [0, 0.1) is 6.92 Å². The van der Waals surface area contributed by atoms with Crippen molar-refractivity contribution in [2.24, 2.45) is 0 Å². The van der Waals surface area contributed by atoms with Gasteiger partial charge in [0, 0.05) is 12.7 Å². The molecule has 2 nitrogen and oxygen atoms in total. The Kier molecular flexibility index (Phi) is 2.75. The fourth-order valence-corrected chi connectivity index (χ4v) is 0.938. The smallest absolute Gasteiger partial charge is 0.0954 e. The standard InChI is InChI=1S/C10H14N2/c1-8-6-4-5-7-10(8)12-9(2)11-3/h4-7,11-12H,2H2,1,3H3. The number of para-hydroxylation sites is 1. The van der Waals surface area contributed by atoms with Crippen molar-refractivity contribution in [3.8, 4) is 0 Å². The van der Waals surface area contributed by atoms with E-state index in [1.54, 1.807) is 0 Å². The van der Waals surface area contributed by atoms with E-state index in [0.29, 0.717) is 0 Å². The zero-order chi connectivity index (χ0) is 8.97. The Labute approximate surface area is 73.3 Å². The molecule has 1 aromatic carbocycles. The van der Waals surface area contributed by atoms with E-state index in [0.717, 1.165) is 11.5 Å². The molecule has 0 radical (unpaired) electrons. The Morgan fingerprint density at radius 1 is 1.33 bits per heavy atom. The SMILES string of the molecule is C=C(NC)Nc1ccccc1C. The van der Waals surface area contributed by atoms with E-state index in [2.05, 4.69) is 30.2 Å². The van der Waals surface area contributed by atoms with Crippen LogP contribution in [-0.2, 0) is 0 Å². The highest BCUT2D eigenvalue weighted by molar-refractivity contribution is 5.53. The summed E-state index contributed by atoms with van der Waals surface area (Å²) in [6, 6.07) is 8.10. The van der Waals surface area contributed by atoms with Gasteiger partial charge in [-0.15, -0.1) is 0 Å². The largest absolute Gasteiger partial charge is 0.375 e. The lowest BCUT2D eigenvalue weighted by molar-refractivity contribution is 1.00. The Balaban J connectivity index is 2.75. The first-order chi connectivity index (χ1) is 5.74. The van der Waals surface area contributed by atoms with Crippen LogP contribution >= 0.6 is 0 Å². The molecular weight excluding hydrogens is 148 g/mol. The molecule has 0 aliphatic rings. The monoisotopic (exact) mass is 162 g/mol. The summed E-state index contributed by atoms with van der Waals surface area (Å²) < 4.78 is 0. The number of hydrogen-bond acceptors (Lipinski definition) is 2. The third-order valence-corrected chi connectivity index (χ3v) is 1.73. The minimum atomic E-state index is 0.810. The predicted octanol–water partition coefficient (Wildman–Crippen LogP) is 2.10. The summed E-state index contributed by atoms with van der Waals surface area (Å²) in [4.78, 5) is 0. The highest BCUT2D eigenvalue weighted by atomic mass is 15.1. The fraction of sp³-hybridized carbons (Fsp3) is 0.200. The van der Waals surface area contributed by atoms with E-state index >= 15 is 0 Å². The van der Waals surface area contributed by atoms with E-state index in [9.17, 15) is 0 Å². The maximum Gasteiger partial charge on any atom is 0.0954 e. The molecular formula is C10H14N2. The van der Waals surface area contributed by atoms with Crippen LogP contribution < -0.4 is 10.6 Å². The third kappa shape index (κ3) is 2.02. The second-order valence-corrected chi connectivity index (χ2v) is 2.67. The van der Waals surface area contributed by atoms with E-state index < -0.39 is 0 Å². The number of benzene rings is 1. The van der Waals surface area contributed by atoms with Crippen LogP contribution in [0.3, 0.4) is 0 Å². The summed E-state index contributed by atoms with van der Waals surface area (Å²) in [7, 11) is 1.84. The van der Waals surface area contributed by atoms with Gasteiger partial charge in [-0.25, -0.2) is 0 Å². The van der Waals surface area contributed by atoms with Crippen LogP contribution in [-0.4, -0.2) is 7.05 Å². The zero-order valence-electron chi connectivity index (χ0n) is 7.52. The normalized spacial score (nSPS) is 9.17. The number of nitrogens with one attached hydrogen (secondary N) is 2. The van der Waals surface area contributed by atoms with Gasteiger partial charge in [-0.3, -0.25) is 0 Å². The molecule has 0 saturated heterocycles. The van der Waals surface area contributed by atoms with Crippen molar-refractivity contribution < 1.29 is 0 Å². The molecule has 1 rings (SSSR count). The van der Waals surface area contributed by atoms with Gasteiger partial charge < -0.3 is 10.6 Å². The molecule has 0 heterocycles. The topological polar surface area (TPSA) is 24.1 Å². The van der Waals surface area contributed by atoms with Crippen molar-refractivity contribution in [1.29, 1.82) is 0 Å². The van der Waals surface area contributed by atoms with E-state index in [1.807, 2.05) is 25.2 Å². The lowest BCUT2D eigenvalue weighted by atomic mass is 10.2. The zero-order valence-corrected chi connectivity index (χ0v) is 7.52. The predicted molar refractivity (Wildman–Crippen MR) is 53.0 cm³/mol. The Hall–Kier alpha value is -1.44. The van der Waals surface area contributed by atoms with Crippen LogP contribution in [0.2, 0.25) is 0 Å². The maximum atomic E-state index is 3.79. The summed E-state index contributed by atoms with van der Waals surface area (Å²) in [5.74, 6) is 0.810. The Morgan fingerprint density at radius 3 is 2.58 bits per heavy atom. The van der Waals surface area contributed by atoms with Gasteiger partial charge in [0.2, 0.25) is 0 Å². The van der Waals surface area contributed by atoms with Crippen molar-refractivity contribution in [1.82, 2.24) is 5.32 Å². The number of anilines is 1. The van der Waals surface area contributed by atoms with Gasteiger partial charge in [-0.05, 0) is 18.6 Å². The Morgan fingerprint density at radius 2 is 2.00 bits per heavy atom. The summed E-state index contributed by atoms with van der Waals surface area (Å²) in [5, 5.41) is 6.09. The van der Waals surface area contributed by atoms with Crippen LogP contribution in [0.1, 0.15) is 5.56 Å². The third-order valence-electron chi connectivity index (χ3n) is 1.73. The second-order valence-electron chi connectivity index (χ2n) is 2.67. The first kappa shape index (κ1) is 8.65. The molecule has 0 spiro atoms.